The Bertz CT molecular complexity index is 678. The van der Waals surface area contributed by atoms with E-state index in [2.05, 4.69) is 27.1 Å². The Kier molecular flexibility index (Phi) is 3.21. The van der Waals surface area contributed by atoms with E-state index in [4.69, 9.17) is 0 Å². The van der Waals surface area contributed by atoms with Crippen LogP contribution in [-0.2, 0) is 7.05 Å². The SMILES string of the molecule is Cn1ncc(C#N)c1N1CCC=C(c2ccncc2)C1. The number of nitrogens with zero attached hydrogens (tertiary/aromatic N) is 5. The Morgan fingerprint density at radius 1 is 1.30 bits per heavy atom. The third-order valence-electron chi connectivity index (χ3n) is 3.53. The van der Waals surface area contributed by atoms with Gasteiger partial charge in [0.05, 0.1) is 6.20 Å². The molecule has 5 heteroatoms. The van der Waals surface area contributed by atoms with Gasteiger partial charge in [0.2, 0.25) is 0 Å². The normalized spacial score (nSPS) is 14.8. The highest BCUT2D eigenvalue weighted by Gasteiger charge is 2.20. The Labute approximate surface area is 117 Å². The minimum absolute atomic E-state index is 0.628. The number of aryl methyl sites for hydroxylation is 1. The maximum absolute atomic E-state index is 9.19. The first-order valence-electron chi connectivity index (χ1n) is 6.56. The lowest BCUT2D eigenvalue weighted by Gasteiger charge is -2.29. The molecule has 0 N–H and O–H groups in total. The monoisotopic (exact) mass is 265 g/mol. The van der Waals surface area contributed by atoms with E-state index < -0.39 is 0 Å². The average Bonchev–Trinajstić information content (AvgIpc) is 2.89. The minimum atomic E-state index is 0.628. The summed E-state index contributed by atoms with van der Waals surface area (Å²) in [6.45, 7) is 1.70. The predicted octanol–water partition coefficient (Wildman–Crippen LogP) is 1.98. The Morgan fingerprint density at radius 2 is 2.10 bits per heavy atom. The molecule has 1 aliphatic heterocycles. The number of rotatable bonds is 2. The first-order valence-corrected chi connectivity index (χ1v) is 6.56. The van der Waals surface area contributed by atoms with Crippen LogP contribution in [0.2, 0.25) is 0 Å². The molecule has 3 heterocycles. The van der Waals surface area contributed by atoms with Gasteiger partial charge in [0, 0.05) is 32.5 Å². The van der Waals surface area contributed by atoms with Gasteiger partial charge in [0.25, 0.3) is 0 Å². The quantitative estimate of drug-likeness (QED) is 0.833. The van der Waals surface area contributed by atoms with Gasteiger partial charge < -0.3 is 4.90 Å². The summed E-state index contributed by atoms with van der Waals surface area (Å²) in [7, 11) is 1.88. The van der Waals surface area contributed by atoms with E-state index in [1.807, 2.05) is 19.2 Å². The van der Waals surface area contributed by atoms with Crippen LogP contribution < -0.4 is 4.90 Å². The first kappa shape index (κ1) is 12.4. The summed E-state index contributed by atoms with van der Waals surface area (Å²) < 4.78 is 1.77. The van der Waals surface area contributed by atoms with Crippen molar-refractivity contribution in [2.75, 3.05) is 18.0 Å². The van der Waals surface area contributed by atoms with Crippen molar-refractivity contribution < 1.29 is 0 Å². The average molecular weight is 265 g/mol. The Balaban J connectivity index is 1.90. The van der Waals surface area contributed by atoms with Gasteiger partial charge in [-0.2, -0.15) is 10.4 Å². The van der Waals surface area contributed by atoms with Crippen LogP contribution in [0.15, 0.2) is 36.8 Å². The molecule has 5 nitrogen and oxygen atoms in total. The number of hydrogen-bond donors (Lipinski definition) is 0. The summed E-state index contributed by atoms with van der Waals surface area (Å²) in [5.74, 6) is 0.896. The van der Waals surface area contributed by atoms with Crippen LogP contribution in [-0.4, -0.2) is 27.9 Å². The van der Waals surface area contributed by atoms with E-state index in [-0.39, 0.29) is 0 Å². The molecule has 0 saturated carbocycles. The van der Waals surface area contributed by atoms with Crippen LogP contribution in [0.3, 0.4) is 0 Å². The molecule has 20 heavy (non-hydrogen) atoms. The smallest absolute Gasteiger partial charge is 0.144 e. The van der Waals surface area contributed by atoms with Crippen molar-refractivity contribution in [2.24, 2.45) is 7.05 Å². The molecule has 0 aliphatic carbocycles. The molecule has 0 aromatic carbocycles. The van der Waals surface area contributed by atoms with Gasteiger partial charge >= 0.3 is 0 Å². The van der Waals surface area contributed by atoms with Crippen molar-refractivity contribution in [1.82, 2.24) is 14.8 Å². The standard InChI is InChI=1S/C15H15N5/c1-19-15(14(9-16)10-18-19)20-8-2-3-13(11-20)12-4-6-17-7-5-12/h3-7,10H,2,8,11H2,1H3. The fourth-order valence-corrected chi connectivity index (χ4v) is 2.58. The largest absolute Gasteiger partial charge is 0.351 e. The van der Waals surface area contributed by atoms with Gasteiger partial charge in [-0.25, -0.2) is 0 Å². The van der Waals surface area contributed by atoms with Gasteiger partial charge in [-0.1, -0.05) is 6.08 Å². The number of hydrogen-bond acceptors (Lipinski definition) is 4. The molecule has 0 radical (unpaired) electrons. The van der Waals surface area contributed by atoms with Crippen LogP contribution >= 0.6 is 0 Å². The van der Waals surface area contributed by atoms with Gasteiger partial charge in [-0.3, -0.25) is 9.67 Å². The van der Waals surface area contributed by atoms with E-state index in [0.717, 1.165) is 25.3 Å². The van der Waals surface area contributed by atoms with Crippen LogP contribution in [0.1, 0.15) is 17.5 Å². The van der Waals surface area contributed by atoms with E-state index in [0.29, 0.717) is 5.56 Å². The van der Waals surface area contributed by atoms with Crippen LogP contribution in [0.25, 0.3) is 5.57 Å². The molecule has 0 saturated heterocycles. The van der Waals surface area contributed by atoms with E-state index in [1.165, 1.54) is 11.1 Å². The second-order valence-corrected chi connectivity index (χ2v) is 4.79. The fraction of sp³-hybridized carbons (Fsp3) is 0.267. The molecule has 1 aliphatic rings. The summed E-state index contributed by atoms with van der Waals surface area (Å²) in [6, 6.07) is 6.25. The first-order chi connectivity index (χ1) is 9.79. The molecule has 100 valence electrons. The summed E-state index contributed by atoms with van der Waals surface area (Å²) in [6.07, 6.45) is 8.46. The minimum Gasteiger partial charge on any atom is -0.351 e. The maximum Gasteiger partial charge on any atom is 0.144 e. The highest BCUT2D eigenvalue weighted by atomic mass is 15.4. The zero-order chi connectivity index (χ0) is 13.9. The molecular weight excluding hydrogens is 250 g/mol. The van der Waals surface area contributed by atoms with Gasteiger partial charge in [-0.15, -0.1) is 0 Å². The Morgan fingerprint density at radius 3 is 2.85 bits per heavy atom. The molecule has 0 fully saturated rings. The number of aromatic nitrogens is 3. The van der Waals surface area contributed by atoms with Crippen molar-refractivity contribution in [3.8, 4) is 6.07 Å². The summed E-state index contributed by atoms with van der Waals surface area (Å²) in [5, 5.41) is 13.4. The molecular formula is C15H15N5. The lowest BCUT2D eigenvalue weighted by Crippen LogP contribution is -2.31. The zero-order valence-corrected chi connectivity index (χ0v) is 11.3. The fourth-order valence-electron chi connectivity index (χ4n) is 2.58. The van der Waals surface area contributed by atoms with E-state index >= 15 is 0 Å². The third-order valence-corrected chi connectivity index (χ3v) is 3.53. The van der Waals surface area contributed by atoms with Crippen molar-refractivity contribution in [3.63, 3.8) is 0 Å². The predicted molar refractivity (Wildman–Crippen MR) is 77.0 cm³/mol. The van der Waals surface area contributed by atoms with Gasteiger partial charge in [-0.05, 0) is 29.7 Å². The van der Waals surface area contributed by atoms with E-state index in [9.17, 15) is 5.26 Å². The molecule has 0 unspecified atom stereocenters. The summed E-state index contributed by atoms with van der Waals surface area (Å²) >= 11 is 0. The van der Waals surface area contributed by atoms with Crippen molar-refractivity contribution in [2.45, 2.75) is 6.42 Å². The van der Waals surface area contributed by atoms with E-state index in [1.54, 1.807) is 23.3 Å². The number of anilines is 1. The molecule has 0 bridgehead atoms. The third kappa shape index (κ3) is 2.16. The van der Waals surface area contributed by atoms with Crippen LogP contribution in [0.5, 0.6) is 0 Å². The Hall–Kier alpha value is -2.61. The second kappa shape index (κ2) is 5.17. The highest BCUT2D eigenvalue weighted by Crippen LogP contribution is 2.26. The van der Waals surface area contributed by atoms with Crippen LogP contribution in [0, 0.1) is 11.3 Å². The lowest BCUT2D eigenvalue weighted by atomic mass is 10.0. The molecule has 3 rings (SSSR count). The number of pyridine rings is 1. The highest BCUT2D eigenvalue weighted by molar-refractivity contribution is 5.72. The summed E-state index contributed by atoms with van der Waals surface area (Å²) in [5.41, 5.74) is 3.08. The second-order valence-electron chi connectivity index (χ2n) is 4.79. The topological polar surface area (TPSA) is 57.7 Å². The maximum atomic E-state index is 9.19. The number of nitriles is 1. The summed E-state index contributed by atoms with van der Waals surface area (Å²) in [4.78, 5) is 6.26. The van der Waals surface area contributed by atoms with Crippen molar-refractivity contribution in [1.29, 1.82) is 5.26 Å². The molecule has 0 atom stereocenters. The molecule has 2 aromatic heterocycles. The van der Waals surface area contributed by atoms with Crippen molar-refractivity contribution >= 4 is 11.4 Å². The molecule has 2 aromatic rings. The van der Waals surface area contributed by atoms with Crippen LogP contribution in [0.4, 0.5) is 5.82 Å². The van der Waals surface area contributed by atoms with Crippen molar-refractivity contribution in [3.05, 3.63) is 47.9 Å². The molecule has 0 amide bonds. The lowest BCUT2D eigenvalue weighted by molar-refractivity contribution is 0.714. The zero-order valence-electron chi connectivity index (χ0n) is 11.3. The molecule has 0 spiro atoms. The van der Waals surface area contributed by atoms with Gasteiger partial charge in [0.1, 0.15) is 17.5 Å². The van der Waals surface area contributed by atoms with Gasteiger partial charge in [0.15, 0.2) is 0 Å².